The van der Waals surface area contributed by atoms with Crippen molar-refractivity contribution in [3.63, 3.8) is 0 Å². The number of carbonyl (C=O) groups excluding carboxylic acids is 2. The molecule has 1 aromatic heterocycles. The fraction of sp³-hybridized carbons (Fsp3) is 0.190. The third kappa shape index (κ3) is 3.64. The molecule has 1 unspecified atom stereocenters. The van der Waals surface area contributed by atoms with E-state index in [1.54, 1.807) is 17.2 Å². The van der Waals surface area contributed by atoms with Crippen molar-refractivity contribution in [2.24, 2.45) is 5.92 Å². The third-order valence-corrected chi connectivity index (χ3v) is 5.16. The largest absolute Gasteiger partial charge is 0.337 e. The van der Waals surface area contributed by atoms with Gasteiger partial charge in [0.15, 0.2) is 0 Å². The molecule has 1 atom stereocenters. The monoisotopic (exact) mass is 379 g/mol. The molecule has 1 saturated heterocycles. The first-order valence-electron chi connectivity index (χ1n) is 8.77. The Morgan fingerprint density at radius 2 is 1.96 bits per heavy atom. The standard InChI is InChI=1S/C21H18ClN3O2/c22-17-8-2-1-5-15(17)12-25-13-16(11-19(25)26)21(27)24-18-9-3-6-14-7-4-10-23-20(14)18/h1-10,16H,11-13H2,(H,24,27). The fourth-order valence-electron chi connectivity index (χ4n) is 3.37. The van der Waals surface area contributed by atoms with E-state index >= 15 is 0 Å². The molecule has 136 valence electrons. The lowest BCUT2D eigenvalue weighted by Crippen LogP contribution is -2.28. The number of fused-ring (bicyclic) bond motifs is 1. The van der Waals surface area contributed by atoms with Crippen LogP contribution in [0.15, 0.2) is 60.8 Å². The summed E-state index contributed by atoms with van der Waals surface area (Å²) in [7, 11) is 0. The predicted molar refractivity (Wildman–Crippen MR) is 105 cm³/mol. The summed E-state index contributed by atoms with van der Waals surface area (Å²) >= 11 is 6.19. The highest BCUT2D eigenvalue weighted by atomic mass is 35.5. The molecule has 3 aromatic rings. The third-order valence-electron chi connectivity index (χ3n) is 4.79. The number of nitrogens with one attached hydrogen (secondary N) is 1. The first kappa shape index (κ1) is 17.5. The molecule has 5 nitrogen and oxygen atoms in total. The van der Waals surface area contributed by atoms with E-state index in [1.807, 2.05) is 48.5 Å². The highest BCUT2D eigenvalue weighted by molar-refractivity contribution is 6.31. The van der Waals surface area contributed by atoms with Crippen molar-refractivity contribution in [2.45, 2.75) is 13.0 Å². The van der Waals surface area contributed by atoms with Gasteiger partial charge in [-0.05, 0) is 23.8 Å². The van der Waals surface area contributed by atoms with Crippen molar-refractivity contribution < 1.29 is 9.59 Å². The second kappa shape index (κ2) is 7.37. The van der Waals surface area contributed by atoms with E-state index in [0.717, 1.165) is 16.5 Å². The van der Waals surface area contributed by atoms with E-state index in [4.69, 9.17) is 11.6 Å². The minimum atomic E-state index is -0.390. The van der Waals surface area contributed by atoms with Crippen LogP contribution in [0.5, 0.6) is 0 Å². The topological polar surface area (TPSA) is 62.3 Å². The Hall–Kier alpha value is -2.92. The van der Waals surface area contributed by atoms with Gasteiger partial charge in [0.25, 0.3) is 0 Å². The molecule has 6 heteroatoms. The Morgan fingerprint density at radius 1 is 1.15 bits per heavy atom. The number of carbonyl (C=O) groups is 2. The number of likely N-dealkylation sites (tertiary alicyclic amines) is 1. The first-order valence-corrected chi connectivity index (χ1v) is 9.15. The molecule has 1 fully saturated rings. The minimum Gasteiger partial charge on any atom is -0.337 e. The Balaban J connectivity index is 1.47. The van der Waals surface area contributed by atoms with Crippen LogP contribution in [0.2, 0.25) is 5.02 Å². The normalized spacial score (nSPS) is 16.7. The van der Waals surface area contributed by atoms with Gasteiger partial charge in [0.05, 0.1) is 17.1 Å². The molecule has 0 saturated carbocycles. The van der Waals surface area contributed by atoms with Crippen molar-refractivity contribution >= 4 is 40.0 Å². The average Bonchev–Trinajstić information content (AvgIpc) is 3.05. The van der Waals surface area contributed by atoms with E-state index in [0.29, 0.717) is 23.8 Å². The molecule has 0 bridgehead atoms. The summed E-state index contributed by atoms with van der Waals surface area (Å²) in [5.41, 5.74) is 2.28. The molecule has 1 aliphatic rings. The van der Waals surface area contributed by atoms with Crippen molar-refractivity contribution in [3.05, 3.63) is 71.4 Å². The Kier molecular flexibility index (Phi) is 4.77. The molecule has 1 N–H and O–H groups in total. The number of aromatic nitrogens is 1. The van der Waals surface area contributed by atoms with E-state index in [-0.39, 0.29) is 24.2 Å². The number of amides is 2. The van der Waals surface area contributed by atoms with Crippen LogP contribution >= 0.6 is 11.6 Å². The lowest BCUT2D eigenvalue weighted by molar-refractivity contribution is -0.128. The average molecular weight is 380 g/mol. The molecule has 0 radical (unpaired) electrons. The van der Waals surface area contributed by atoms with E-state index in [9.17, 15) is 9.59 Å². The highest BCUT2D eigenvalue weighted by Gasteiger charge is 2.34. The first-order chi connectivity index (χ1) is 13.1. The SMILES string of the molecule is O=C(Nc1cccc2cccnc12)C1CC(=O)N(Cc2ccccc2Cl)C1. The van der Waals surface area contributed by atoms with Gasteiger partial charge in [-0.2, -0.15) is 0 Å². The van der Waals surface area contributed by atoms with Gasteiger partial charge in [0, 0.05) is 36.1 Å². The summed E-state index contributed by atoms with van der Waals surface area (Å²) in [5.74, 6) is -0.590. The molecule has 0 aliphatic carbocycles. The molecule has 2 heterocycles. The predicted octanol–water partition coefficient (Wildman–Crippen LogP) is 3.88. The fourth-order valence-corrected chi connectivity index (χ4v) is 3.57. The van der Waals surface area contributed by atoms with Crippen LogP contribution in [-0.2, 0) is 16.1 Å². The smallest absolute Gasteiger partial charge is 0.229 e. The van der Waals surface area contributed by atoms with Gasteiger partial charge in [0.2, 0.25) is 11.8 Å². The minimum absolute atomic E-state index is 0.0360. The van der Waals surface area contributed by atoms with Crippen molar-refractivity contribution in [3.8, 4) is 0 Å². The van der Waals surface area contributed by atoms with Crippen LogP contribution in [0.4, 0.5) is 5.69 Å². The molecule has 0 spiro atoms. The van der Waals surface area contributed by atoms with E-state index < -0.39 is 0 Å². The molecular formula is C21H18ClN3O2. The van der Waals surface area contributed by atoms with Crippen LogP contribution in [-0.4, -0.2) is 28.2 Å². The summed E-state index contributed by atoms with van der Waals surface area (Å²) in [6.07, 6.45) is 1.90. The van der Waals surface area contributed by atoms with Crippen LogP contribution in [0.3, 0.4) is 0 Å². The number of hydrogen-bond donors (Lipinski definition) is 1. The Bertz CT molecular complexity index is 1020. The summed E-state index contributed by atoms with van der Waals surface area (Å²) in [6.45, 7) is 0.798. The summed E-state index contributed by atoms with van der Waals surface area (Å²) in [4.78, 5) is 31.1. The van der Waals surface area contributed by atoms with Crippen LogP contribution in [0.25, 0.3) is 10.9 Å². The number of benzene rings is 2. The maximum Gasteiger partial charge on any atom is 0.229 e. The summed E-state index contributed by atoms with van der Waals surface area (Å²) in [5, 5.41) is 4.52. The maximum atomic E-state index is 12.7. The molecular weight excluding hydrogens is 362 g/mol. The number of nitrogens with zero attached hydrogens (tertiary/aromatic N) is 2. The van der Waals surface area contributed by atoms with Gasteiger partial charge in [0.1, 0.15) is 0 Å². The van der Waals surface area contributed by atoms with Gasteiger partial charge in [-0.3, -0.25) is 14.6 Å². The van der Waals surface area contributed by atoms with Crippen molar-refractivity contribution in [2.75, 3.05) is 11.9 Å². The lowest BCUT2D eigenvalue weighted by Gasteiger charge is -2.17. The number of anilines is 1. The Labute approximate surface area is 162 Å². The van der Waals surface area contributed by atoms with Crippen LogP contribution in [0.1, 0.15) is 12.0 Å². The maximum absolute atomic E-state index is 12.7. The highest BCUT2D eigenvalue weighted by Crippen LogP contribution is 2.26. The molecule has 2 amide bonds. The van der Waals surface area contributed by atoms with Gasteiger partial charge >= 0.3 is 0 Å². The van der Waals surface area contributed by atoms with Crippen molar-refractivity contribution in [1.29, 1.82) is 0 Å². The number of halogens is 1. The van der Waals surface area contributed by atoms with E-state index in [2.05, 4.69) is 10.3 Å². The molecule has 2 aromatic carbocycles. The quantitative estimate of drug-likeness (QED) is 0.748. The van der Waals surface area contributed by atoms with Crippen LogP contribution < -0.4 is 5.32 Å². The zero-order valence-electron chi connectivity index (χ0n) is 14.6. The van der Waals surface area contributed by atoms with E-state index in [1.165, 1.54) is 0 Å². The number of para-hydroxylation sites is 1. The van der Waals surface area contributed by atoms with Gasteiger partial charge < -0.3 is 10.2 Å². The zero-order valence-corrected chi connectivity index (χ0v) is 15.3. The van der Waals surface area contributed by atoms with Gasteiger partial charge in [-0.1, -0.05) is 48.0 Å². The second-order valence-corrected chi connectivity index (χ2v) is 7.04. The van der Waals surface area contributed by atoms with Gasteiger partial charge in [-0.15, -0.1) is 0 Å². The molecule has 1 aliphatic heterocycles. The molecule has 4 rings (SSSR count). The summed E-state index contributed by atoms with van der Waals surface area (Å²) in [6, 6.07) is 16.9. The number of pyridine rings is 1. The van der Waals surface area contributed by atoms with Crippen LogP contribution in [0, 0.1) is 5.92 Å². The van der Waals surface area contributed by atoms with Crippen molar-refractivity contribution in [1.82, 2.24) is 9.88 Å². The molecule has 27 heavy (non-hydrogen) atoms. The number of hydrogen-bond acceptors (Lipinski definition) is 3. The van der Waals surface area contributed by atoms with Gasteiger partial charge in [-0.25, -0.2) is 0 Å². The number of rotatable bonds is 4. The summed E-state index contributed by atoms with van der Waals surface area (Å²) < 4.78 is 0. The second-order valence-electron chi connectivity index (χ2n) is 6.64. The zero-order chi connectivity index (χ0) is 18.8. The lowest BCUT2D eigenvalue weighted by atomic mass is 10.1. The Morgan fingerprint density at radius 3 is 2.81 bits per heavy atom.